The van der Waals surface area contributed by atoms with Crippen molar-refractivity contribution in [2.75, 3.05) is 14.1 Å². The van der Waals surface area contributed by atoms with Gasteiger partial charge in [-0.1, -0.05) is 13.8 Å². The van der Waals surface area contributed by atoms with Gasteiger partial charge in [-0.05, 0) is 19.3 Å². The molecular formula is C12H25N3O. The molecule has 0 aromatic carbocycles. The van der Waals surface area contributed by atoms with Crippen LogP contribution in [0.1, 0.15) is 33.1 Å². The third kappa shape index (κ3) is 3.46. The van der Waals surface area contributed by atoms with E-state index in [2.05, 4.69) is 19.2 Å². The largest absolute Gasteiger partial charge is 0.349 e. The van der Waals surface area contributed by atoms with Crippen LogP contribution in [0.5, 0.6) is 0 Å². The third-order valence-corrected chi connectivity index (χ3v) is 3.24. The van der Waals surface area contributed by atoms with Gasteiger partial charge in [0, 0.05) is 38.1 Å². The number of nitrogens with zero attached hydrogens (tertiary/aromatic N) is 1. The second-order valence-electron chi connectivity index (χ2n) is 5.33. The van der Waals surface area contributed by atoms with E-state index in [4.69, 9.17) is 5.73 Å². The van der Waals surface area contributed by atoms with Gasteiger partial charge in [-0.2, -0.15) is 0 Å². The van der Waals surface area contributed by atoms with Gasteiger partial charge in [-0.25, -0.2) is 0 Å². The van der Waals surface area contributed by atoms with Crippen molar-refractivity contribution in [3.63, 3.8) is 0 Å². The Labute approximate surface area is 98.6 Å². The molecule has 1 fully saturated rings. The standard InChI is InChI=1S/C12H25N3O/c1-8(2)14-11-6-5-9(7-10(11)13)12(16)15(3)4/h8-11,14H,5-7,13H2,1-4H3. The van der Waals surface area contributed by atoms with E-state index in [1.165, 1.54) is 0 Å². The molecule has 0 radical (unpaired) electrons. The van der Waals surface area contributed by atoms with Crippen molar-refractivity contribution in [1.82, 2.24) is 10.2 Å². The Kier molecular flexibility index (Phi) is 4.74. The molecule has 4 nitrogen and oxygen atoms in total. The van der Waals surface area contributed by atoms with E-state index in [1.807, 2.05) is 14.1 Å². The van der Waals surface area contributed by atoms with Crippen LogP contribution in [0.3, 0.4) is 0 Å². The zero-order valence-corrected chi connectivity index (χ0v) is 10.9. The average molecular weight is 227 g/mol. The lowest BCUT2D eigenvalue weighted by Crippen LogP contribution is -2.52. The zero-order valence-electron chi connectivity index (χ0n) is 10.9. The highest BCUT2D eigenvalue weighted by molar-refractivity contribution is 5.78. The molecule has 16 heavy (non-hydrogen) atoms. The number of rotatable bonds is 3. The Morgan fingerprint density at radius 1 is 1.38 bits per heavy atom. The van der Waals surface area contributed by atoms with Crippen LogP contribution in [0, 0.1) is 5.92 Å². The van der Waals surface area contributed by atoms with E-state index in [1.54, 1.807) is 4.90 Å². The molecule has 0 spiro atoms. The highest BCUT2D eigenvalue weighted by Crippen LogP contribution is 2.25. The zero-order chi connectivity index (χ0) is 12.3. The number of hydrogen-bond donors (Lipinski definition) is 2. The van der Waals surface area contributed by atoms with Gasteiger partial charge in [0.25, 0.3) is 0 Å². The number of nitrogens with one attached hydrogen (secondary N) is 1. The van der Waals surface area contributed by atoms with Crippen molar-refractivity contribution < 1.29 is 4.79 Å². The summed E-state index contributed by atoms with van der Waals surface area (Å²) < 4.78 is 0. The monoisotopic (exact) mass is 227 g/mol. The SMILES string of the molecule is CC(C)NC1CCC(C(=O)N(C)C)CC1N. The number of carbonyl (C=O) groups is 1. The normalized spacial score (nSPS) is 30.5. The van der Waals surface area contributed by atoms with Crippen LogP contribution < -0.4 is 11.1 Å². The molecule has 0 aliphatic heterocycles. The molecule has 4 heteroatoms. The maximum atomic E-state index is 11.8. The van der Waals surface area contributed by atoms with Crippen molar-refractivity contribution in [2.45, 2.75) is 51.2 Å². The predicted molar refractivity (Wildman–Crippen MR) is 66.1 cm³/mol. The lowest BCUT2D eigenvalue weighted by molar-refractivity contribution is -0.134. The van der Waals surface area contributed by atoms with Gasteiger partial charge >= 0.3 is 0 Å². The molecule has 3 atom stereocenters. The maximum absolute atomic E-state index is 11.8. The molecule has 1 aliphatic carbocycles. The first-order valence-corrected chi connectivity index (χ1v) is 6.14. The molecule has 0 aromatic heterocycles. The maximum Gasteiger partial charge on any atom is 0.225 e. The summed E-state index contributed by atoms with van der Waals surface area (Å²) in [6, 6.07) is 0.924. The van der Waals surface area contributed by atoms with E-state index >= 15 is 0 Å². The molecule has 1 amide bonds. The van der Waals surface area contributed by atoms with Gasteiger partial charge < -0.3 is 16.0 Å². The highest BCUT2D eigenvalue weighted by atomic mass is 16.2. The third-order valence-electron chi connectivity index (χ3n) is 3.24. The first-order valence-electron chi connectivity index (χ1n) is 6.14. The number of hydrogen-bond acceptors (Lipinski definition) is 3. The Morgan fingerprint density at radius 3 is 2.44 bits per heavy atom. The quantitative estimate of drug-likeness (QED) is 0.741. The van der Waals surface area contributed by atoms with E-state index in [0.717, 1.165) is 19.3 Å². The lowest BCUT2D eigenvalue weighted by atomic mass is 9.82. The van der Waals surface area contributed by atoms with E-state index in [-0.39, 0.29) is 17.9 Å². The summed E-state index contributed by atoms with van der Waals surface area (Å²) in [5, 5.41) is 3.47. The Bertz CT molecular complexity index is 240. The Morgan fingerprint density at radius 2 is 2.00 bits per heavy atom. The molecule has 0 heterocycles. The van der Waals surface area contributed by atoms with E-state index in [9.17, 15) is 4.79 Å². The van der Waals surface area contributed by atoms with Gasteiger partial charge in [0.15, 0.2) is 0 Å². The molecule has 94 valence electrons. The van der Waals surface area contributed by atoms with Crippen molar-refractivity contribution in [2.24, 2.45) is 11.7 Å². The fourth-order valence-electron chi connectivity index (χ4n) is 2.43. The topological polar surface area (TPSA) is 58.4 Å². The van der Waals surface area contributed by atoms with Gasteiger partial charge in [0.05, 0.1) is 0 Å². The van der Waals surface area contributed by atoms with Crippen LogP contribution in [0.2, 0.25) is 0 Å². The summed E-state index contributed by atoms with van der Waals surface area (Å²) in [6.45, 7) is 4.26. The van der Waals surface area contributed by atoms with Crippen LogP contribution in [0.4, 0.5) is 0 Å². The fraction of sp³-hybridized carbons (Fsp3) is 0.917. The molecule has 1 saturated carbocycles. The summed E-state index contributed by atoms with van der Waals surface area (Å²) >= 11 is 0. The van der Waals surface area contributed by atoms with Gasteiger partial charge in [-0.15, -0.1) is 0 Å². The summed E-state index contributed by atoms with van der Waals surface area (Å²) in [7, 11) is 3.62. The first kappa shape index (κ1) is 13.5. The molecular weight excluding hydrogens is 202 g/mol. The molecule has 1 aliphatic rings. The predicted octanol–water partition coefficient (Wildman–Crippen LogP) is 0.569. The fourth-order valence-corrected chi connectivity index (χ4v) is 2.43. The number of nitrogens with two attached hydrogens (primary N) is 1. The van der Waals surface area contributed by atoms with E-state index in [0.29, 0.717) is 12.1 Å². The summed E-state index contributed by atoms with van der Waals surface area (Å²) in [5.41, 5.74) is 6.12. The lowest BCUT2D eigenvalue weighted by Gasteiger charge is -2.35. The van der Waals surface area contributed by atoms with Gasteiger partial charge in [-0.3, -0.25) is 4.79 Å². The Hall–Kier alpha value is -0.610. The van der Waals surface area contributed by atoms with Gasteiger partial charge in [0.1, 0.15) is 0 Å². The summed E-state index contributed by atoms with van der Waals surface area (Å²) in [4.78, 5) is 13.5. The molecule has 0 bridgehead atoms. The highest BCUT2D eigenvalue weighted by Gasteiger charge is 2.32. The minimum absolute atomic E-state index is 0.102. The van der Waals surface area contributed by atoms with E-state index < -0.39 is 0 Å². The van der Waals surface area contributed by atoms with Crippen molar-refractivity contribution in [3.8, 4) is 0 Å². The minimum atomic E-state index is 0.102. The van der Waals surface area contributed by atoms with Crippen molar-refractivity contribution >= 4 is 5.91 Å². The molecule has 3 N–H and O–H groups in total. The first-order chi connectivity index (χ1) is 7.41. The second-order valence-corrected chi connectivity index (χ2v) is 5.33. The minimum Gasteiger partial charge on any atom is -0.349 e. The van der Waals surface area contributed by atoms with Crippen molar-refractivity contribution in [1.29, 1.82) is 0 Å². The smallest absolute Gasteiger partial charge is 0.225 e. The molecule has 0 saturated heterocycles. The van der Waals surface area contributed by atoms with Crippen LogP contribution in [0.15, 0.2) is 0 Å². The molecule has 0 aromatic rings. The van der Waals surface area contributed by atoms with Crippen LogP contribution in [-0.2, 0) is 4.79 Å². The van der Waals surface area contributed by atoms with Crippen LogP contribution in [0.25, 0.3) is 0 Å². The number of carbonyl (C=O) groups excluding carboxylic acids is 1. The van der Waals surface area contributed by atoms with Crippen molar-refractivity contribution in [3.05, 3.63) is 0 Å². The summed E-state index contributed by atoms with van der Waals surface area (Å²) in [6.07, 6.45) is 2.76. The van der Waals surface area contributed by atoms with Crippen LogP contribution >= 0.6 is 0 Å². The summed E-state index contributed by atoms with van der Waals surface area (Å²) in [5.74, 6) is 0.341. The second kappa shape index (κ2) is 5.64. The number of amides is 1. The molecule has 3 unspecified atom stereocenters. The molecule has 1 rings (SSSR count). The van der Waals surface area contributed by atoms with Crippen LogP contribution in [-0.4, -0.2) is 43.0 Å². The Balaban J connectivity index is 2.48. The van der Waals surface area contributed by atoms with Gasteiger partial charge in [0.2, 0.25) is 5.91 Å². The average Bonchev–Trinajstić information content (AvgIpc) is 2.19.